The molecule has 5 aliphatic carbocycles. The van der Waals surface area contributed by atoms with E-state index in [1.807, 2.05) is 5.57 Å². The largest absolute Gasteiger partial charge is 0.462 e. The van der Waals surface area contributed by atoms with Crippen LogP contribution in [0.2, 0.25) is 0 Å². The van der Waals surface area contributed by atoms with E-state index >= 15 is 0 Å². The first-order chi connectivity index (χ1) is 15.0. The first-order valence-corrected chi connectivity index (χ1v) is 13.8. The molecular weight excluding hydrogens is 392 g/mol. The number of allylic oxidation sites excluding steroid dienone is 2. The highest BCUT2D eigenvalue weighted by molar-refractivity contribution is 5.66. The van der Waals surface area contributed by atoms with Crippen molar-refractivity contribution in [3.8, 4) is 0 Å². The molecule has 0 radical (unpaired) electrons. The molecule has 5 rings (SSSR count). The second-order valence-electron chi connectivity index (χ2n) is 14.0. The van der Waals surface area contributed by atoms with Gasteiger partial charge in [0.25, 0.3) is 0 Å². The first-order valence-electron chi connectivity index (χ1n) is 13.8. The SMILES string of the molecule is CC(=O)O[C@H]1CC[C@]2(C)[C@H]3CC[C@H]4[C@@H]5CCC[C@]5(C(C)C)CC[C@]4(C)C3=CC[C@H]2C1(C)C. The smallest absolute Gasteiger partial charge is 0.302 e. The summed E-state index contributed by atoms with van der Waals surface area (Å²) in [4.78, 5) is 11.8. The van der Waals surface area contributed by atoms with Crippen molar-refractivity contribution in [1.82, 2.24) is 0 Å². The number of carbonyl (C=O) groups excluding carboxylic acids is 1. The summed E-state index contributed by atoms with van der Waals surface area (Å²) in [5, 5.41) is 0. The minimum absolute atomic E-state index is 0.0449. The molecule has 8 atom stereocenters. The van der Waals surface area contributed by atoms with Crippen LogP contribution in [0.25, 0.3) is 0 Å². The van der Waals surface area contributed by atoms with E-state index in [1.165, 1.54) is 57.8 Å². The molecule has 180 valence electrons. The lowest BCUT2D eigenvalue weighted by Gasteiger charge is -2.66. The zero-order valence-corrected chi connectivity index (χ0v) is 21.9. The highest BCUT2D eigenvalue weighted by atomic mass is 16.5. The van der Waals surface area contributed by atoms with Gasteiger partial charge in [0.05, 0.1) is 0 Å². The van der Waals surface area contributed by atoms with Crippen molar-refractivity contribution in [2.24, 2.45) is 51.2 Å². The van der Waals surface area contributed by atoms with Crippen LogP contribution in [0.1, 0.15) is 113 Å². The van der Waals surface area contributed by atoms with Gasteiger partial charge in [0, 0.05) is 12.3 Å². The molecule has 4 saturated carbocycles. The van der Waals surface area contributed by atoms with E-state index in [2.05, 4.69) is 47.6 Å². The van der Waals surface area contributed by atoms with Gasteiger partial charge >= 0.3 is 5.97 Å². The molecule has 4 fully saturated rings. The van der Waals surface area contributed by atoms with E-state index in [4.69, 9.17) is 4.74 Å². The van der Waals surface area contributed by atoms with Gasteiger partial charge in [0.2, 0.25) is 0 Å². The number of carbonyl (C=O) groups is 1. The fourth-order valence-corrected chi connectivity index (χ4v) is 10.7. The summed E-state index contributed by atoms with van der Waals surface area (Å²) in [5.41, 5.74) is 3.30. The molecule has 5 aliphatic rings. The Kier molecular flexibility index (Phi) is 5.28. The topological polar surface area (TPSA) is 26.3 Å². The van der Waals surface area contributed by atoms with Gasteiger partial charge in [0.1, 0.15) is 6.10 Å². The van der Waals surface area contributed by atoms with Gasteiger partial charge in [-0.05, 0) is 104 Å². The third-order valence-electron chi connectivity index (χ3n) is 12.4. The van der Waals surface area contributed by atoms with Crippen LogP contribution in [-0.2, 0) is 9.53 Å². The molecule has 0 spiro atoms. The number of ether oxygens (including phenoxy) is 1. The van der Waals surface area contributed by atoms with Crippen molar-refractivity contribution in [1.29, 1.82) is 0 Å². The molecule has 0 unspecified atom stereocenters. The van der Waals surface area contributed by atoms with Gasteiger partial charge in [-0.1, -0.05) is 59.6 Å². The van der Waals surface area contributed by atoms with Gasteiger partial charge in [-0.2, -0.15) is 0 Å². The summed E-state index contributed by atoms with van der Waals surface area (Å²) in [5.74, 6) is 3.90. The van der Waals surface area contributed by atoms with Gasteiger partial charge in [0.15, 0.2) is 0 Å². The van der Waals surface area contributed by atoms with Gasteiger partial charge < -0.3 is 4.74 Å². The average molecular weight is 441 g/mol. The number of fused-ring (bicyclic) bond motifs is 7. The van der Waals surface area contributed by atoms with Gasteiger partial charge in [-0.15, -0.1) is 0 Å². The van der Waals surface area contributed by atoms with Crippen LogP contribution in [0.5, 0.6) is 0 Å². The monoisotopic (exact) mass is 440 g/mol. The molecule has 0 aliphatic heterocycles. The van der Waals surface area contributed by atoms with E-state index in [9.17, 15) is 4.79 Å². The summed E-state index contributed by atoms with van der Waals surface area (Å²) >= 11 is 0. The predicted octanol–water partition coefficient (Wildman–Crippen LogP) is 7.96. The standard InChI is InChI=1S/C30H48O2/c1-19(2)30-15-8-9-24(30)23-11-10-22-21(28(23,6)17-18-30)12-13-25-27(4,5)26(32-20(3)31)14-16-29(22,25)7/h12,19,22-26H,8-11,13-18H2,1-7H3/t22-,23-,24-,25-,26-,28+,29+,30+/m0/s1. The normalized spacial score (nSPS) is 49.4. The van der Waals surface area contributed by atoms with Crippen LogP contribution in [0.4, 0.5) is 0 Å². The number of esters is 1. The molecule has 0 bridgehead atoms. The third-order valence-corrected chi connectivity index (χ3v) is 12.4. The van der Waals surface area contributed by atoms with Crippen LogP contribution >= 0.6 is 0 Å². The molecule has 0 heterocycles. The summed E-state index contributed by atoms with van der Waals surface area (Å²) in [6.45, 7) is 16.7. The van der Waals surface area contributed by atoms with E-state index in [0.29, 0.717) is 22.2 Å². The summed E-state index contributed by atoms with van der Waals surface area (Å²) in [7, 11) is 0. The second-order valence-corrected chi connectivity index (χ2v) is 14.0. The lowest BCUT2D eigenvalue weighted by molar-refractivity contribution is -0.175. The predicted molar refractivity (Wildman–Crippen MR) is 131 cm³/mol. The van der Waals surface area contributed by atoms with E-state index in [0.717, 1.165) is 30.1 Å². The van der Waals surface area contributed by atoms with Crippen molar-refractivity contribution >= 4 is 5.97 Å². The fourth-order valence-electron chi connectivity index (χ4n) is 10.7. The molecule has 0 aromatic rings. The maximum absolute atomic E-state index is 11.8. The zero-order valence-electron chi connectivity index (χ0n) is 21.9. The summed E-state index contributed by atoms with van der Waals surface area (Å²) in [6, 6.07) is 0. The lowest BCUT2D eigenvalue weighted by atomic mass is 9.39. The highest BCUT2D eigenvalue weighted by Crippen LogP contribution is 2.72. The van der Waals surface area contributed by atoms with Crippen molar-refractivity contribution in [3.63, 3.8) is 0 Å². The summed E-state index contributed by atoms with van der Waals surface area (Å²) < 4.78 is 5.86. The highest BCUT2D eigenvalue weighted by Gasteiger charge is 2.64. The molecule has 0 amide bonds. The Balaban J connectivity index is 1.48. The molecule has 0 saturated heterocycles. The fraction of sp³-hybridized carbons (Fsp3) is 0.900. The van der Waals surface area contributed by atoms with E-state index < -0.39 is 0 Å². The van der Waals surface area contributed by atoms with E-state index in [1.54, 1.807) is 6.92 Å². The Hall–Kier alpha value is -0.790. The van der Waals surface area contributed by atoms with Crippen LogP contribution in [0.3, 0.4) is 0 Å². The Morgan fingerprint density at radius 1 is 0.969 bits per heavy atom. The lowest BCUT2D eigenvalue weighted by Crippen LogP contribution is -2.59. The Morgan fingerprint density at radius 2 is 1.72 bits per heavy atom. The molecule has 0 aromatic carbocycles. The minimum Gasteiger partial charge on any atom is -0.462 e. The van der Waals surface area contributed by atoms with Crippen LogP contribution in [-0.4, -0.2) is 12.1 Å². The van der Waals surface area contributed by atoms with E-state index in [-0.39, 0.29) is 17.5 Å². The molecule has 32 heavy (non-hydrogen) atoms. The first kappa shape index (κ1) is 23.0. The zero-order chi connectivity index (χ0) is 23.1. The average Bonchev–Trinajstić information content (AvgIpc) is 3.15. The summed E-state index contributed by atoms with van der Waals surface area (Å²) in [6.07, 6.45) is 16.3. The van der Waals surface area contributed by atoms with Crippen molar-refractivity contribution in [2.75, 3.05) is 0 Å². The second kappa shape index (κ2) is 7.35. The van der Waals surface area contributed by atoms with Gasteiger partial charge in [-0.3, -0.25) is 4.79 Å². The van der Waals surface area contributed by atoms with Gasteiger partial charge in [-0.25, -0.2) is 0 Å². The van der Waals surface area contributed by atoms with Crippen LogP contribution < -0.4 is 0 Å². The Labute approximate surface area is 197 Å². The maximum Gasteiger partial charge on any atom is 0.302 e. The molecule has 0 N–H and O–H groups in total. The third kappa shape index (κ3) is 2.92. The number of rotatable bonds is 2. The van der Waals surface area contributed by atoms with Crippen molar-refractivity contribution in [3.05, 3.63) is 11.6 Å². The molecule has 0 aromatic heterocycles. The molecular formula is C30H48O2. The van der Waals surface area contributed by atoms with Crippen LogP contribution in [0.15, 0.2) is 11.6 Å². The molecule has 2 heteroatoms. The Morgan fingerprint density at radius 3 is 2.41 bits per heavy atom. The maximum atomic E-state index is 11.8. The minimum atomic E-state index is -0.112. The van der Waals surface area contributed by atoms with Crippen molar-refractivity contribution < 1.29 is 9.53 Å². The molecule has 2 nitrogen and oxygen atoms in total. The van der Waals surface area contributed by atoms with Crippen molar-refractivity contribution in [2.45, 2.75) is 119 Å². The quantitative estimate of drug-likeness (QED) is 0.321. The Bertz CT molecular complexity index is 808. The number of hydrogen-bond donors (Lipinski definition) is 0. The van der Waals surface area contributed by atoms with Crippen LogP contribution in [0, 0.1) is 51.2 Å². The number of hydrogen-bond acceptors (Lipinski definition) is 2.